The Morgan fingerprint density at radius 3 is 2.31 bits per heavy atom. The van der Waals surface area contributed by atoms with Crippen LogP contribution in [0.2, 0.25) is 0 Å². The van der Waals surface area contributed by atoms with Gasteiger partial charge in [-0.1, -0.05) is 18.2 Å². The Morgan fingerprint density at radius 2 is 1.69 bits per heavy atom. The molecule has 1 atom stereocenters. The number of hydrogen-bond donors (Lipinski definition) is 0. The predicted molar refractivity (Wildman–Crippen MR) is 102 cm³/mol. The van der Waals surface area contributed by atoms with Gasteiger partial charge in [0.1, 0.15) is 0 Å². The summed E-state index contributed by atoms with van der Waals surface area (Å²) in [4.78, 5) is 35.2. The summed E-state index contributed by atoms with van der Waals surface area (Å²) in [6.45, 7) is 3.25. The molecule has 0 aromatic heterocycles. The number of nitro benzene ring substituents is 2. The van der Waals surface area contributed by atoms with Crippen LogP contribution in [0.3, 0.4) is 0 Å². The van der Waals surface area contributed by atoms with Crippen LogP contribution in [0.4, 0.5) is 21.9 Å². The molecule has 0 bridgehead atoms. The third-order valence-electron chi connectivity index (χ3n) is 4.97. The number of carbonyl (C=O) groups excluding carboxylic acids is 1. The van der Waals surface area contributed by atoms with Crippen molar-refractivity contribution in [2.24, 2.45) is 0 Å². The second-order valence-corrected chi connectivity index (χ2v) is 7.08. The standard InChI is InChI=1S/C19H15N3O7/c1-18(2)19(20(17(23)29-18)13-6-4-3-5-7-13)9-8-12-10-14(21(24)25)11-15(22(26)27)16(12)28-19/h3-11H,1-2H3/t19-/m0/s1. The molecule has 0 unspecified atom stereocenters. The minimum Gasteiger partial charge on any atom is -0.452 e. The largest absolute Gasteiger partial charge is 0.452 e. The lowest BCUT2D eigenvalue weighted by molar-refractivity contribution is -0.395. The Balaban J connectivity index is 1.93. The molecule has 2 aliphatic heterocycles. The maximum Gasteiger partial charge on any atom is 0.418 e. The average Bonchev–Trinajstić information content (AvgIpc) is 2.85. The molecule has 1 saturated heterocycles. The Morgan fingerprint density at radius 1 is 1.00 bits per heavy atom. The lowest BCUT2D eigenvalue weighted by Gasteiger charge is -2.42. The van der Waals surface area contributed by atoms with Crippen LogP contribution < -0.4 is 9.64 Å². The number of cyclic esters (lactones) is 1. The van der Waals surface area contributed by atoms with Crippen LogP contribution in [0.15, 0.2) is 48.5 Å². The molecular weight excluding hydrogens is 382 g/mol. The topological polar surface area (TPSA) is 125 Å². The van der Waals surface area contributed by atoms with Gasteiger partial charge in [-0.2, -0.15) is 0 Å². The van der Waals surface area contributed by atoms with Crippen molar-refractivity contribution in [3.05, 3.63) is 74.3 Å². The third kappa shape index (κ3) is 2.60. The normalized spacial score (nSPS) is 21.4. The van der Waals surface area contributed by atoms with Crippen molar-refractivity contribution < 1.29 is 24.1 Å². The number of fused-ring (bicyclic) bond motifs is 1. The SMILES string of the molecule is CC1(C)OC(=O)N(c2ccccc2)[C@]12C=Cc1cc([N+](=O)[O-])cc([N+](=O)[O-])c1O2. The quantitative estimate of drug-likeness (QED) is 0.565. The van der Waals surface area contributed by atoms with E-state index in [0.29, 0.717) is 5.69 Å². The number of non-ortho nitro benzene ring substituents is 1. The number of carbonyl (C=O) groups is 1. The molecule has 1 fully saturated rings. The molecule has 4 rings (SSSR count). The number of nitro groups is 2. The molecule has 2 heterocycles. The first-order valence-electron chi connectivity index (χ1n) is 8.60. The Kier molecular flexibility index (Phi) is 3.83. The van der Waals surface area contributed by atoms with E-state index < -0.39 is 38.6 Å². The number of nitrogens with zero attached hydrogens (tertiary/aromatic N) is 3. The average molecular weight is 397 g/mol. The number of benzene rings is 2. The number of hydrogen-bond acceptors (Lipinski definition) is 7. The molecule has 10 heteroatoms. The van der Waals surface area contributed by atoms with Crippen molar-refractivity contribution in [3.8, 4) is 5.75 Å². The molecule has 0 radical (unpaired) electrons. The van der Waals surface area contributed by atoms with Gasteiger partial charge in [0.15, 0.2) is 5.60 Å². The summed E-state index contributed by atoms with van der Waals surface area (Å²) in [5.74, 6) is -0.171. The number of rotatable bonds is 3. The Hall–Kier alpha value is -3.95. The van der Waals surface area contributed by atoms with E-state index in [-0.39, 0.29) is 11.3 Å². The van der Waals surface area contributed by atoms with Crippen molar-refractivity contribution in [1.82, 2.24) is 0 Å². The number of anilines is 1. The second-order valence-electron chi connectivity index (χ2n) is 7.08. The lowest BCUT2D eigenvalue weighted by atomic mass is 9.89. The summed E-state index contributed by atoms with van der Waals surface area (Å²) in [5.41, 5.74) is -3.11. The summed E-state index contributed by atoms with van der Waals surface area (Å²) >= 11 is 0. The molecule has 1 amide bonds. The molecule has 0 aliphatic carbocycles. The highest BCUT2D eigenvalue weighted by molar-refractivity contribution is 5.94. The molecule has 2 aliphatic rings. The molecule has 148 valence electrons. The lowest BCUT2D eigenvalue weighted by Crippen LogP contribution is -2.60. The maximum atomic E-state index is 12.7. The van der Waals surface area contributed by atoms with Crippen LogP contribution >= 0.6 is 0 Å². The molecule has 1 spiro atoms. The fourth-order valence-corrected chi connectivity index (χ4v) is 3.55. The van der Waals surface area contributed by atoms with Gasteiger partial charge < -0.3 is 9.47 Å². The zero-order valence-electron chi connectivity index (χ0n) is 15.4. The Labute approximate surface area is 164 Å². The smallest absolute Gasteiger partial charge is 0.418 e. The van der Waals surface area contributed by atoms with Gasteiger partial charge in [0.25, 0.3) is 11.4 Å². The van der Waals surface area contributed by atoms with Crippen LogP contribution in [0.1, 0.15) is 19.4 Å². The minimum absolute atomic E-state index is 0.166. The number of para-hydroxylation sites is 1. The van der Waals surface area contributed by atoms with Gasteiger partial charge in [0.05, 0.1) is 21.6 Å². The summed E-state index contributed by atoms with van der Waals surface area (Å²) in [6.07, 6.45) is 2.32. The zero-order valence-corrected chi connectivity index (χ0v) is 15.4. The highest BCUT2D eigenvalue weighted by Crippen LogP contribution is 2.50. The first-order valence-corrected chi connectivity index (χ1v) is 8.60. The van der Waals surface area contributed by atoms with Crippen LogP contribution in [0, 0.1) is 20.2 Å². The highest BCUT2D eigenvalue weighted by atomic mass is 16.7. The van der Waals surface area contributed by atoms with E-state index in [4.69, 9.17) is 9.47 Å². The van der Waals surface area contributed by atoms with Gasteiger partial charge >= 0.3 is 11.8 Å². The second kappa shape index (κ2) is 6.03. The fraction of sp³-hybridized carbons (Fsp3) is 0.211. The maximum absolute atomic E-state index is 12.7. The third-order valence-corrected chi connectivity index (χ3v) is 4.97. The predicted octanol–water partition coefficient (Wildman–Crippen LogP) is 4.04. The highest BCUT2D eigenvalue weighted by Gasteiger charge is 2.63. The van der Waals surface area contributed by atoms with E-state index in [1.54, 1.807) is 44.2 Å². The first-order chi connectivity index (χ1) is 13.7. The summed E-state index contributed by atoms with van der Waals surface area (Å²) in [5, 5.41) is 22.7. The van der Waals surface area contributed by atoms with Crippen molar-refractivity contribution in [3.63, 3.8) is 0 Å². The molecular formula is C19H15N3O7. The molecule has 29 heavy (non-hydrogen) atoms. The van der Waals surface area contributed by atoms with Crippen molar-refractivity contribution in [2.45, 2.75) is 25.2 Å². The van der Waals surface area contributed by atoms with Crippen molar-refractivity contribution in [2.75, 3.05) is 4.90 Å². The minimum atomic E-state index is -1.53. The van der Waals surface area contributed by atoms with Gasteiger partial charge in [0, 0.05) is 11.6 Å². The van der Waals surface area contributed by atoms with E-state index in [2.05, 4.69) is 0 Å². The summed E-state index contributed by atoms with van der Waals surface area (Å²) in [7, 11) is 0. The monoisotopic (exact) mass is 397 g/mol. The number of amides is 1. The number of ether oxygens (including phenoxy) is 2. The molecule has 2 aromatic carbocycles. The van der Waals surface area contributed by atoms with Gasteiger partial charge in [0.2, 0.25) is 5.75 Å². The van der Waals surface area contributed by atoms with E-state index in [1.807, 2.05) is 0 Å². The van der Waals surface area contributed by atoms with E-state index in [1.165, 1.54) is 23.1 Å². The van der Waals surface area contributed by atoms with Gasteiger partial charge in [-0.15, -0.1) is 0 Å². The molecule has 2 aromatic rings. The van der Waals surface area contributed by atoms with E-state index in [9.17, 15) is 25.0 Å². The summed E-state index contributed by atoms with van der Waals surface area (Å²) < 4.78 is 11.6. The zero-order chi connectivity index (χ0) is 21.0. The molecule has 0 saturated carbocycles. The van der Waals surface area contributed by atoms with Gasteiger partial charge in [-0.05, 0) is 38.1 Å². The van der Waals surface area contributed by atoms with Gasteiger partial charge in [-0.25, -0.2) is 9.69 Å². The fourth-order valence-electron chi connectivity index (χ4n) is 3.55. The van der Waals surface area contributed by atoms with Crippen LogP contribution in [-0.4, -0.2) is 27.3 Å². The first kappa shape index (κ1) is 18.4. The van der Waals surface area contributed by atoms with Crippen molar-refractivity contribution >= 4 is 29.2 Å². The van der Waals surface area contributed by atoms with Crippen LogP contribution in [0.5, 0.6) is 5.75 Å². The van der Waals surface area contributed by atoms with Gasteiger partial charge in [-0.3, -0.25) is 20.2 Å². The Bertz CT molecular complexity index is 1080. The van der Waals surface area contributed by atoms with Crippen LogP contribution in [0.25, 0.3) is 6.08 Å². The van der Waals surface area contributed by atoms with E-state index >= 15 is 0 Å². The summed E-state index contributed by atoms with van der Waals surface area (Å²) in [6, 6.07) is 10.6. The molecule has 0 N–H and O–H groups in total. The molecule has 10 nitrogen and oxygen atoms in total. The van der Waals surface area contributed by atoms with Crippen molar-refractivity contribution in [1.29, 1.82) is 0 Å². The van der Waals surface area contributed by atoms with Crippen LogP contribution in [-0.2, 0) is 4.74 Å². The van der Waals surface area contributed by atoms with E-state index in [0.717, 1.165) is 6.07 Å².